The van der Waals surface area contributed by atoms with E-state index in [1.165, 1.54) is 0 Å². The summed E-state index contributed by atoms with van der Waals surface area (Å²) in [6.45, 7) is 2.01. The van der Waals surface area contributed by atoms with Crippen LogP contribution in [-0.2, 0) is 0 Å². The van der Waals surface area contributed by atoms with Gasteiger partial charge in [0, 0.05) is 11.9 Å². The van der Waals surface area contributed by atoms with E-state index in [0.29, 0.717) is 5.56 Å². The Balaban J connectivity index is 2.28. The van der Waals surface area contributed by atoms with Crippen LogP contribution in [0.4, 0.5) is 11.4 Å². The summed E-state index contributed by atoms with van der Waals surface area (Å²) in [5.41, 5.74) is 3.62. The molecule has 0 bridgehead atoms. The summed E-state index contributed by atoms with van der Waals surface area (Å²) < 4.78 is 0. The molecule has 78 valence electrons. The fourth-order valence-electron chi connectivity index (χ4n) is 1.42. The SMILES string of the molecule is Cc1ccncc1Nc1cccc(C#N)c1. The summed E-state index contributed by atoms with van der Waals surface area (Å²) >= 11 is 0. The Morgan fingerprint density at radius 2 is 2.19 bits per heavy atom. The molecular weight excluding hydrogens is 198 g/mol. The Bertz CT molecular complexity index is 541. The third kappa shape index (κ3) is 2.18. The number of benzene rings is 1. The molecule has 1 aromatic heterocycles. The fraction of sp³-hybridized carbons (Fsp3) is 0.0769. The molecule has 1 heterocycles. The Kier molecular flexibility index (Phi) is 2.84. The molecule has 1 N–H and O–H groups in total. The summed E-state index contributed by atoms with van der Waals surface area (Å²) in [6, 6.07) is 11.4. The molecule has 2 aromatic rings. The number of anilines is 2. The van der Waals surface area contributed by atoms with Crippen LogP contribution in [0.25, 0.3) is 0 Å². The molecule has 0 saturated heterocycles. The molecule has 0 aliphatic carbocycles. The van der Waals surface area contributed by atoms with Gasteiger partial charge in [-0.15, -0.1) is 0 Å². The van der Waals surface area contributed by atoms with Crippen molar-refractivity contribution in [1.82, 2.24) is 4.98 Å². The van der Waals surface area contributed by atoms with Crippen molar-refractivity contribution < 1.29 is 0 Å². The standard InChI is InChI=1S/C13H11N3/c1-10-5-6-15-9-13(10)16-12-4-2-3-11(7-12)8-14/h2-7,9,16H,1H3. The highest BCUT2D eigenvalue weighted by molar-refractivity contribution is 5.63. The van der Waals surface area contributed by atoms with E-state index in [2.05, 4.69) is 16.4 Å². The molecule has 0 saturated carbocycles. The first-order valence-electron chi connectivity index (χ1n) is 4.97. The number of nitrogens with zero attached hydrogens (tertiary/aromatic N) is 2. The van der Waals surface area contributed by atoms with Crippen molar-refractivity contribution in [2.75, 3.05) is 5.32 Å². The van der Waals surface area contributed by atoms with Crippen molar-refractivity contribution >= 4 is 11.4 Å². The zero-order valence-electron chi connectivity index (χ0n) is 8.94. The lowest BCUT2D eigenvalue weighted by Crippen LogP contribution is -1.93. The lowest BCUT2D eigenvalue weighted by molar-refractivity contribution is 1.28. The first kappa shape index (κ1) is 10.2. The number of hydrogen-bond acceptors (Lipinski definition) is 3. The molecule has 16 heavy (non-hydrogen) atoms. The first-order chi connectivity index (χ1) is 7.79. The van der Waals surface area contributed by atoms with Crippen LogP contribution in [0.2, 0.25) is 0 Å². The Morgan fingerprint density at radius 1 is 1.31 bits per heavy atom. The van der Waals surface area contributed by atoms with Crippen LogP contribution >= 0.6 is 0 Å². The van der Waals surface area contributed by atoms with Crippen molar-refractivity contribution in [3.63, 3.8) is 0 Å². The van der Waals surface area contributed by atoms with Crippen molar-refractivity contribution in [1.29, 1.82) is 5.26 Å². The lowest BCUT2D eigenvalue weighted by Gasteiger charge is -2.08. The smallest absolute Gasteiger partial charge is 0.0992 e. The molecule has 3 heteroatoms. The lowest BCUT2D eigenvalue weighted by atomic mass is 10.2. The second-order valence-corrected chi connectivity index (χ2v) is 3.51. The molecule has 0 spiro atoms. The van der Waals surface area contributed by atoms with E-state index in [4.69, 9.17) is 5.26 Å². The minimum Gasteiger partial charge on any atom is -0.354 e. The van der Waals surface area contributed by atoms with Crippen LogP contribution in [0, 0.1) is 18.3 Å². The van der Waals surface area contributed by atoms with E-state index in [9.17, 15) is 0 Å². The average Bonchev–Trinajstić information content (AvgIpc) is 2.32. The maximum absolute atomic E-state index is 8.79. The normalized spacial score (nSPS) is 9.50. The van der Waals surface area contributed by atoms with Gasteiger partial charge in [-0.1, -0.05) is 6.07 Å². The van der Waals surface area contributed by atoms with E-state index in [-0.39, 0.29) is 0 Å². The van der Waals surface area contributed by atoms with Crippen LogP contribution in [0.5, 0.6) is 0 Å². The predicted octanol–water partition coefficient (Wildman–Crippen LogP) is 3.01. The van der Waals surface area contributed by atoms with E-state index in [0.717, 1.165) is 16.9 Å². The summed E-state index contributed by atoms with van der Waals surface area (Å²) in [7, 11) is 0. The average molecular weight is 209 g/mol. The van der Waals surface area contributed by atoms with Gasteiger partial charge in [0.1, 0.15) is 0 Å². The second kappa shape index (κ2) is 4.45. The molecular formula is C13H11N3. The fourth-order valence-corrected chi connectivity index (χ4v) is 1.42. The highest BCUT2D eigenvalue weighted by atomic mass is 14.9. The summed E-state index contributed by atoms with van der Waals surface area (Å²) in [5, 5.41) is 12.0. The summed E-state index contributed by atoms with van der Waals surface area (Å²) in [6.07, 6.45) is 3.53. The first-order valence-corrected chi connectivity index (χ1v) is 4.97. The van der Waals surface area contributed by atoms with Crippen LogP contribution in [0.15, 0.2) is 42.7 Å². The monoisotopic (exact) mass is 209 g/mol. The maximum atomic E-state index is 8.79. The van der Waals surface area contributed by atoms with Gasteiger partial charge in [-0.05, 0) is 36.8 Å². The summed E-state index contributed by atoms with van der Waals surface area (Å²) in [4.78, 5) is 4.06. The molecule has 0 aliphatic rings. The number of aromatic nitrogens is 1. The Labute approximate surface area is 94.4 Å². The van der Waals surface area contributed by atoms with Crippen LogP contribution in [-0.4, -0.2) is 4.98 Å². The number of nitrogens with one attached hydrogen (secondary N) is 1. The zero-order chi connectivity index (χ0) is 11.4. The van der Waals surface area contributed by atoms with E-state index in [1.54, 1.807) is 18.5 Å². The second-order valence-electron chi connectivity index (χ2n) is 3.51. The molecule has 0 aliphatic heterocycles. The predicted molar refractivity (Wildman–Crippen MR) is 63.4 cm³/mol. The highest BCUT2D eigenvalue weighted by Gasteiger charge is 1.99. The van der Waals surface area contributed by atoms with Crippen LogP contribution in [0.3, 0.4) is 0 Å². The van der Waals surface area contributed by atoms with Gasteiger partial charge in [-0.3, -0.25) is 4.98 Å². The third-order valence-corrected chi connectivity index (χ3v) is 2.31. The van der Waals surface area contributed by atoms with Crippen LogP contribution in [0.1, 0.15) is 11.1 Å². The van der Waals surface area contributed by atoms with Gasteiger partial charge in [0.15, 0.2) is 0 Å². The van der Waals surface area contributed by atoms with Crippen molar-refractivity contribution in [2.45, 2.75) is 6.92 Å². The Hall–Kier alpha value is -2.34. The van der Waals surface area contributed by atoms with E-state index in [1.807, 2.05) is 31.2 Å². The molecule has 1 aromatic carbocycles. The topological polar surface area (TPSA) is 48.7 Å². The quantitative estimate of drug-likeness (QED) is 0.827. The number of pyridine rings is 1. The minimum atomic E-state index is 0.645. The van der Waals surface area contributed by atoms with Gasteiger partial charge < -0.3 is 5.32 Å². The highest BCUT2D eigenvalue weighted by Crippen LogP contribution is 2.19. The summed E-state index contributed by atoms with van der Waals surface area (Å²) in [5.74, 6) is 0. The van der Waals surface area contributed by atoms with Crippen molar-refractivity contribution in [3.05, 3.63) is 53.9 Å². The van der Waals surface area contributed by atoms with E-state index < -0.39 is 0 Å². The zero-order valence-corrected chi connectivity index (χ0v) is 8.94. The minimum absolute atomic E-state index is 0.645. The van der Waals surface area contributed by atoms with Gasteiger partial charge in [-0.25, -0.2) is 0 Å². The van der Waals surface area contributed by atoms with Gasteiger partial charge >= 0.3 is 0 Å². The number of rotatable bonds is 2. The van der Waals surface area contributed by atoms with Gasteiger partial charge in [0.05, 0.1) is 23.5 Å². The van der Waals surface area contributed by atoms with Crippen molar-refractivity contribution in [3.8, 4) is 6.07 Å². The molecule has 3 nitrogen and oxygen atoms in total. The Morgan fingerprint density at radius 3 is 2.94 bits per heavy atom. The van der Waals surface area contributed by atoms with E-state index >= 15 is 0 Å². The molecule has 0 fully saturated rings. The number of hydrogen-bond donors (Lipinski definition) is 1. The van der Waals surface area contributed by atoms with Gasteiger partial charge in [0.25, 0.3) is 0 Å². The third-order valence-electron chi connectivity index (χ3n) is 2.31. The van der Waals surface area contributed by atoms with Crippen molar-refractivity contribution in [2.24, 2.45) is 0 Å². The largest absolute Gasteiger partial charge is 0.354 e. The molecule has 0 amide bonds. The molecule has 0 atom stereocenters. The molecule has 2 rings (SSSR count). The number of nitriles is 1. The van der Waals surface area contributed by atoms with Crippen LogP contribution < -0.4 is 5.32 Å². The van der Waals surface area contributed by atoms with Gasteiger partial charge in [0.2, 0.25) is 0 Å². The van der Waals surface area contributed by atoms with Gasteiger partial charge in [-0.2, -0.15) is 5.26 Å². The maximum Gasteiger partial charge on any atom is 0.0992 e. The molecule has 0 radical (unpaired) electrons. The number of aryl methyl sites for hydroxylation is 1. The molecule has 0 unspecified atom stereocenters.